The zero-order valence-corrected chi connectivity index (χ0v) is 19.8. The lowest BCUT2D eigenvalue weighted by molar-refractivity contribution is 0.386. The molecule has 1 heterocycles. The Kier molecular flexibility index (Phi) is 9.20. The van der Waals surface area contributed by atoms with E-state index in [1.54, 1.807) is 18.2 Å². The lowest BCUT2D eigenvalue weighted by Gasteiger charge is -2.27. The summed E-state index contributed by atoms with van der Waals surface area (Å²) in [5.74, 6) is 0.498. The normalized spacial score (nSPS) is 19.1. The molecule has 0 aliphatic carbocycles. The summed E-state index contributed by atoms with van der Waals surface area (Å²) in [5.41, 5.74) is 2.00. The minimum Gasteiger partial charge on any atom is -0.477 e. The molecule has 1 aliphatic rings. The van der Waals surface area contributed by atoms with Crippen LogP contribution >= 0.6 is 11.6 Å². The van der Waals surface area contributed by atoms with Crippen molar-refractivity contribution in [3.8, 4) is 16.9 Å². The molecule has 0 unspecified atom stereocenters. The third-order valence-electron chi connectivity index (χ3n) is 6.50. The quantitative estimate of drug-likeness (QED) is 0.202. The Hall–Kier alpha value is -1.39. The predicted molar refractivity (Wildman–Crippen MR) is 125 cm³/mol. The Balaban J connectivity index is 1.55. The van der Waals surface area contributed by atoms with Crippen LogP contribution in [-0.4, -0.2) is 14.9 Å². The van der Waals surface area contributed by atoms with E-state index < -0.39 is 14.6 Å². The van der Waals surface area contributed by atoms with Gasteiger partial charge in [-0.25, -0.2) is 8.78 Å². The van der Waals surface area contributed by atoms with E-state index in [-0.39, 0.29) is 17.6 Å². The summed E-state index contributed by atoms with van der Waals surface area (Å²) in [6, 6.07) is 13.6. The SMILES string of the molecule is CCCCCC1CC[SiH](CCc2ccc(-c3ccc(F)cc3OCCl)c(F)c2)CC1. The topological polar surface area (TPSA) is 9.23 Å². The Morgan fingerprint density at radius 1 is 1.03 bits per heavy atom. The second-order valence-corrected chi connectivity index (χ2v) is 12.3. The number of aryl methyl sites for hydroxylation is 1. The highest BCUT2D eigenvalue weighted by atomic mass is 35.5. The van der Waals surface area contributed by atoms with E-state index in [0.29, 0.717) is 11.1 Å². The van der Waals surface area contributed by atoms with Crippen LogP contribution in [0.1, 0.15) is 51.0 Å². The Morgan fingerprint density at radius 3 is 2.50 bits per heavy atom. The molecule has 0 bridgehead atoms. The van der Waals surface area contributed by atoms with Crippen LogP contribution in [0.2, 0.25) is 18.1 Å². The minimum atomic E-state index is -0.685. The first-order valence-corrected chi connectivity index (χ1v) is 14.4. The Labute approximate surface area is 186 Å². The molecule has 0 radical (unpaired) electrons. The number of halogens is 3. The summed E-state index contributed by atoms with van der Waals surface area (Å²) >= 11 is 5.63. The molecule has 0 amide bonds. The summed E-state index contributed by atoms with van der Waals surface area (Å²) < 4.78 is 33.7. The number of hydrogen-bond acceptors (Lipinski definition) is 1. The molecule has 2 aromatic carbocycles. The average molecular weight is 451 g/mol. The molecule has 0 spiro atoms. The molecule has 30 heavy (non-hydrogen) atoms. The van der Waals surface area contributed by atoms with E-state index in [1.165, 1.54) is 68.8 Å². The van der Waals surface area contributed by atoms with E-state index in [9.17, 15) is 8.78 Å². The van der Waals surface area contributed by atoms with Gasteiger partial charge in [0.05, 0.1) is 0 Å². The molecule has 1 saturated heterocycles. The summed E-state index contributed by atoms with van der Waals surface area (Å²) in [7, 11) is -0.685. The first-order valence-electron chi connectivity index (χ1n) is 11.4. The van der Waals surface area contributed by atoms with Crippen LogP contribution in [-0.2, 0) is 6.42 Å². The van der Waals surface area contributed by atoms with Crippen molar-refractivity contribution < 1.29 is 13.5 Å². The van der Waals surface area contributed by atoms with Crippen LogP contribution in [0, 0.1) is 17.6 Å². The van der Waals surface area contributed by atoms with Crippen molar-refractivity contribution in [1.29, 1.82) is 0 Å². The van der Waals surface area contributed by atoms with Crippen LogP contribution in [0.25, 0.3) is 11.1 Å². The lowest BCUT2D eigenvalue weighted by atomic mass is 9.96. The monoisotopic (exact) mass is 450 g/mol. The summed E-state index contributed by atoms with van der Waals surface area (Å²) in [4.78, 5) is 0. The Bertz CT molecular complexity index is 806. The predicted octanol–water partition coefficient (Wildman–Crippen LogP) is 7.97. The molecule has 5 heteroatoms. The van der Waals surface area contributed by atoms with Gasteiger partial charge >= 0.3 is 0 Å². The summed E-state index contributed by atoms with van der Waals surface area (Å²) in [5, 5.41) is 0. The van der Waals surface area contributed by atoms with Crippen LogP contribution in [0.3, 0.4) is 0 Å². The molecule has 0 N–H and O–H groups in total. The first kappa shape index (κ1) is 23.3. The maximum absolute atomic E-state index is 14.9. The lowest BCUT2D eigenvalue weighted by Crippen LogP contribution is -2.21. The fraction of sp³-hybridized carbons (Fsp3) is 0.520. The van der Waals surface area contributed by atoms with Gasteiger partial charge in [-0.2, -0.15) is 0 Å². The molecule has 164 valence electrons. The maximum atomic E-state index is 14.9. The van der Waals surface area contributed by atoms with Crippen LogP contribution in [0.5, 0.6) is 5.75 Å². The number of benzene rings is 2. The molecule has 0 saturated carbocycles. The van der Waals surface area contributed by atoms with E-state index >= 15 is 0 Å². The van der Waals surface area contributed by atoms with Crippen LogP contribution in [0.15, 0.2) is 36.4 Å². The van der Waals surface area contributed by atoms with Gasteiger partial charge < -0.3 is 4.74 Å². The molecule has 2 aromatic rings. The highest BCUT2D eigenvalue weighted by Gasteiger charge is 2.22. The van der Waals surface area contributed by atoms with Gasteiger partial charge in [-0.05, 0) is 36.1 Å². The van der Waals surface area contributed by atoms with Gasteiger partial charge in [0, 0.05) is 26.0 Å². The molecular weight excluding hydrogens is 418 g/mol. The van der Waals surface area contributed by atoms with Crippen molar-refractivity contribution in [2.45, 2.75) is 70.0 Å². The van der Waals surface area contributed by atoms with E-state index in [1.807, 2.05) is 6.07 Å². The van der Waals surface area contributed by atoms with Gasteiger partial charge in [-0.3, -0.25) is 0 Å². The minimum absolute atomic E-state index is 0.109. The van der Waals surface area contributed by atoms with Gasteiger partial charge in [0.1, 0.15) is 17.4 Å². The van der Waals surface area contributed by atoms with Gasteiger partial charge in [0.15, 0.2) is 6.07 Å². The van der Waals surface area contributed by atoms with E-state index in [0.717, 1.165) is 17.9 Å². The number of alkyl halides is 1. The summed E-state index contributed by atoms with van der Waals surface area (Å²) in [6.45, 7) is 2.27. The van der Waals surface area contributed by atoms with Gasteiger partial charge in [-0.15, -0.1) is 0 Å². The highest BCUT2D eigenvalue weighted by Crippen LogP contribution is 2.34. The number of hydrogen-bond donors (Lipinski definition) is 0. The first-order chi connectivity index (χ1) is 14.6. The molecular formula is C25H33ClF2OSi. The van der Waals surface area contributed by atoms with Crippen molar-refractivity contribution in [3.63, 3.8) is 0 Å². The smallest absolute Gasteiger partial charge is 0.162 e. The molecule has 0 aromatic heterocycles. The molecule has 1 aliphatic heterocycles. The summed E-state index contributed by atoms with van der Waals surface area (Å²) in [6.07, 6.45) is 9.29. The van der Waals surface area contributed by atoms with Crippen molar-refractivity contribution in [2.75, 3.05) is 6.07 Å². The van der Waals surface area contributed by atoms with E-state index in [2.05, 4.69) is 6.92 Å². The second-order valence-electron chi connectivity index (χ2n) is 8.63. The van der Waals surface area contributed by atoms with Crippen molar-refractivity contribution in [2.24, 2.45) is 5.92 Å². The third kappa shape index (κ3) is 6.55. The number of unbranched alkanes of at least 4 members (excludes halogenated alkanes) is 2. The molecule has 0 atom stereocenters. The number of ether oxygens (including phenoxy) is 1. The fourth-order valence-electron chi connectivity index (χ4n) is 4.69. The third-order valence-corrected chi connectivity index (χ3v) is 10.0. The standard InChI is InChI=1S/C25H33ClF2OSi/c1-2-3-4-5-19-10-13-30(14-11-19)15-12-20-6-8-22(24(28)16-20)23-9-7-21(27)17-25(23)29-18-26/h6-9,16-17,19,30H,2-5,10-15,18H2,1H3. The molecule has 3 rings (SSSR count). The van der Waals surface area contributed by atoms with Crippen LogP contribution < -0.4 is 4.74 Å². The fourth-order valence-corrected chi connectivity index (χ4v) is 8.30. The Morgan fingerprint density at radius 2 is 1.80 bits per heavy atom. The number of rotatable bonds is 10. The van der Waals surface area contributed by atoms with Crippen molar-refractivity contribution >= 4 is 20.4 Å². The zero-order chi connectivity index (χ0) is 21.3. The largest absolute Gasteiger partial charge is 0.477 e. The highest BCUT2D eigenvalue weighted by molar-refractivity contribution is 6.59. The molecule has 1 nitrogen and oxygen atoms in total. The second kappa shape index (κ2) is 11.9. The average Bonchev–Trinajstić information content (AvgIpc) is 2.74. The van der Waals surface area contributed by atoms with Gasteiger partial charge in [-0.1, -0.05) is 87.3 Å². The maximum Gasteiger partial charge on any atom is 0.162 e. The van der Waals surface area contributed by atoms with Gasteiger partial charge in [0.2, 0.25) is 0 Å². The van der Waals surface area contributed by atoms with Gasteiger partial charge in [0.25, 0.3) is 0 Å². The van der Waals surface area contributed by atoms with Crippen molar-refractivity contribution in [1.82, 2.24) is 0 Å². The van der Waals surface area contributed by atoms with E-state index in [4.69, 9.17) is 16.3 Å². The molecule has 1 fully saturated rings. The zero-order valence-electron chi connectivity index (χ0n) is 17.9. The van der Waals surface area contributed by atoms with Crippen LogP contribution in [0.4, 0.5) is 8.78 Å². The van der Waals surface area contributed by atoms with Crippen molar-refractivity contribution in [3.05, 3.63) is 53.6 Å².